The van der Waals surface area contributed by atoms with E-state index in [9.17, 15) is 4.79 Å². The maximum atomic E-state index is 12.0. The third-order valence-corrected chi connectivity index (χ3v) is 4.77. The first kappa shape index (κ1) is 16.6. The summed E-state index contributed by atoms with van der Waals surface area (Å²) in [5, 5.41) is 8.28. The van der Waals surface area contributed by atoms with Crippen molar-refractivity contribution in [2.75, 3.05) is 19.0 Å². The van der Waals surface area contributed by atoms with Crippen LogP contribution in [0.2, 0.25) is 5.02 Å². The van der Waals surface area contributed by atoms with E-state index in [-0.39, 0.29) is 6.03 Å². The Morgan fingerprint density at radius 2 is 2.14 bits per heavy atom. The SMILES string of the molecule is COc1ccc(Cl)cc1NC(=O)NCCc1csc(C)c1C. The summed E-state index contributed by atoms with van der Waals surface area (Å²) in [7, 11) is 1.55. The maximum Gasteiger partial charge on any atom is 0.319 e. The largest absolute Gasteiger partial charge is 0.495 e. The van der Waals surface area contributed by atoms with E-state index in [1.165, 1.54) is 16.0 Å². The van der Waals surface area contributed by atoms with Gasteiger partial charge in [-0.3, -0.25) is 0 Å². The third kappa shape index (κ3) is 4.15. The summed E-state index contributed by atoms with van der Waals surface area (Å²) in [6, 6.07) is 4.82. The summed E-state index contributed by atoms with van der Waals surface area (Å²) in [5.41, 5.74) is 3.14. The van der Waals surface area contributed by atoms with Crippen LogP contribution in [0.25, 0.3) is 0 Å². The van der Waals surface area contributed by atoms with Crippen LogP contribution in [0.15, 0.2) is 23.6 Å². The van der Waals surface area contributed by atoms with E-state index in [0.717, 1.165) is 6.42 Å². The Bertz CT molecular complexity index is 670. The number of amides is 2. The molecular weight excluding hydrogens is 320 g/mol. The summed E-state index contributed by atoms with van der Waals surface area (Å²) in [5.74, 6) is 0.573. The van der Waals surface area contributed by atoms with Gasteiger partial charge in [-0.15, -0.1) is 11.3 Å². The molecule has 2 aromatic rings. The monoisotopic (exact) mass is 338 g/mol. The molecule has 0 bridgehead atoms. The highest BCUT2D eigenvalue weighted by atomic mass is 35.5. The Balaban J connectivity index is 1.88. The number of hydrogen-bond acceptors (Lipinski definition) is 3. The molecule has 0 aliphatic carbocycles. The smallest absolute Gasteiger partial charge is 0.319 e. The first-order valence-corrected chi connectivity index (χ1v) is 8.19. The van der Waals surface area contributed by atoms with Gasteiger partial charge in [-0.25, -0.2) is 4.79 Å². The van der Waals surface area contributed by atoms with Crippen LogP contribution in [0.1, 0.15) is 16.0 Å². The van der Waals surface area contributed by atoms with Gasteiger partial charge in [0.2, 0.25) is 0 Å². The summed E-state index contributed by atoms with van der Waals surface area (Å²) in [4.78, 5) is 13.3. The summed E-state index contributed by atoms with van der Waals surface area (Å²) >= 11 is 7.67. The molecule has 4 nitrogen and oxygen atoms in total. The number of thiophene rings is 1. The highest BCUT2D eigenvalue weighted by molar-refractivity contribution is 7.10. The quantitative estimate of drug-likeness (QED) is 0.849. The number of anilines is 1. The zero-order chi connectivity index (χ0) is 16.1. The lowest BCUT2D eigenvalue weighted by molar-refractivity contribution is 0.252. The minimum Gasteiger partial charge on any atom is -0.495 e. The van der Waals surface area contributed by atoms with Crippen LogP contribution in [-0.2, 0) is 6.42 Å². The van der Waals surface area contributed by atoms with Gasteiger partial charge in [0.15, 0.2) is 0 Å². The fourth-order valence-corrected chi connectivity index (χ4v) is 3.16. The van der Waals surface area contributed by atoms with Crippen molar-refractivity contribution in [3.8, 4) is 5.75 Å². The number of ether oxygens (including phenoxy) is 1. The Kier molecular flexibility index (Phi) is 5.69. The molecule has 0 atom stereocenters. The van der Waals surface area contributed by atoms with E-state index >= 15 is 0 Å². The van der Waals surface area contributed by atoms with Crippen molar-refractivity contribution in [1.29, 1.82) is 0 Å². The number of benzene rings is 1. The molecule has 2 N–H and O–H groups in total. The number of halogens is 1. The van der Waals surface area contributed by atoms with Gasteiger partial charge in [0.25, 0.3) is 0 Å². The molecular formula is C16H19ClN2O2S. The molecule has 0 spiro atoms. The molecule has 2 rings (SSSR count). The second kappa shape index (κ2) is 7.51. The molecule has 1 heterocycles. The minimum absolute atomic E-state index is 0.273. The van der Waals surface area contributed by atoms with Gasteiger partial charge < -0.3 is 15.4 Å². The average Bonchev–Trinajstić information content (AvgIpc) is 2.79. The molecule has 6 heteroatoms. The number of rotatable bonds is 5. The second-order valence-electron chi connectivity index (χ2n) is 4.92. The first-order chi connectivity index (χ1) is 10.5. The molecule has 0 saturated heterocycles. The number of carbonyl (C=O) groups is 1. The lowest BCUT2D eigenvalue weighted by Gasteiger charge is -2.11. The highest BCUT2D eigenvalue weighted by Crippen LogP contribution is 2.27. The number of nitrogens with one attached hydrogen (secondary N) is 2. The zero-order valence-corrected chi connectivity index (χ0v) is 14.4. The van der Waals surface area contributed by atoms with Gasteiger partial charge in [0.1, 0.15) is 5.75 Å². The molecule has 0 aliphatic heterocycles. The summed E-state index contributed by atoms with van der Waals surface area (Å²) in [6.07, 6.45) is 0.816. The lowest BCUT2D eigenvalue weighted by Crippen LogP contribution is -2.30. The minimum atomic E-state index is -0.273. The third-order valence-electron chi connectivity index (χ3n) is 3.48. The van der Waals surface area contributed by atoms with Crippen molar-refractivity contribution < 1.29 is 9.53 Å². The molecule has 0 aliphatic rings. The Morgan fingerprint density at radius 1 is 1.36 bits per heavy atom. The van der Waals surface area contributed by atoms with Crippen LogP contribution in [0.3, 0.4) is 0 Å². The van der Waals surface area contributed by atoms with Crippen molar-refractivity contribution in [3.05, 3.63) is 44.6 Å². The van der Waals surface area contributed by atoms with Crippen LogP contribution < -0.4 is 15.4 Å². The van der Waals surface area contributed by atoms with Crippen molar-refractivity contribution in [2.24, 2.45) is 0 Å². The van der Waals surface area contributed by atoms with Gasteiger partial charge in [-0.1, -0.05) is 11.6 Å². The number of aryl methyl sites for hydroxylation is 1. The molecule has 2 amide bonds. The zero-order valence-electron chi connectivity index (χ0n) is 12.8. The molecule has 1 aromatic heterocycles. The van der Waals surface area contributed by atoms with E-state index in [1.54, 1.807) is 36.6 Å². The number of methoxy groups -OCH3 is 1. The number of carbonyl (C=O) groups excluding carboxylic acids is 1. The highest BCUT2D eigenvalue weighted by Gasteiger charge is 2.09. The molecule has 0 saturated carbocycles. The molecule has 1 aromatic carbocycles. The van der Waals surface area contributed by atoms with Gasteiger partial charge in [-0.2, -0.15) is 0 Å². The van der Waals surface area contributed by atoms with E-state index in [1.807, 2.05) is 0 Å². The standard InChI is InChI=1S/C16H19ClN2O2S/c1-10-11(2)22-9-12(10)6-7-18-16(20)19-14-8-13(17)4-5-15(14)21-3/h4-5,8-9H,6-7H2,1-3H3,(H2,18,19,20). The lowest BCUT2D eigenvalue weighted by atomic mass is 10.1. The van der Waals surface area contributed by atoms with Crippen LogP contribution >= 0.6 is 22.9 Å². The van der Waals surface area contributed by atoms with Crippen LogP contribution in [0.4, 0.5) is 10.5 Å². The first-order valence-electron chi connectivity index (χ1n) is 6.93. The Morgan fingerprint density at radius 3 is 2.77 bits per heavy atom. The molecule has 118 valence electrons. The van der Waals surface area contributed by atoms with Crippen molar-refractivity contribution >= 4 is 34.7 Å². The van der Waals surface area contributed by atoms with E-state index in [2.05, 4.69) is 29.9 Å². The predicted molar refractivity (Wildman–Crippen MR) is 92.5 cm³/mol. The summed E-state index contributed by atoms with van der Waals surface area (Å²) < 4.78 is 5.19. The topological polar surface area (TPSA) is 50.4 Å². The van der Waals surface area contributed by atoms with Gasteiger partial charge in [-0.05, 0) is 55.0 Å². The fraction of sp³-hybridized carbons (Fsp3) is 0.312. The van der Waals surface area contributed by atoms with E-state index < -0.39 is 0 Å². The van der Waals surface area contributed by atoms with Crippen molar-refractivity contribution in [3.63, 3.8) is 0 Å². The van der Waals surface area contributed by atoms with Gasteiger partial charge >= 0.3 is 6.03 Å². The Hall–Kier alpha value is -1.72. The van der Waals surface area contributed by atoms with Crippen LogP contribution in [0, 0.1) is 13.8 Å². The Labute approximate surface area is 139 Å². The van der Waals surface area contributed by atoms with E-state index in [0.29, 0.717) is 23.0 Å². The van der Waals surface area contributed by atoms with E-state index in [4.69, 9.17) is 16.3 Å². The normalized spacial score (nSPS) is 10.4. The average molecular weight is 339 g/mol. The van der Waals surface area contributed by atoms with Crippen LogP contribution in [-0.4, -0.2) is 19.7 Å². The number of hydrogen-bond donors (Lipinski definition) is 2. The molecule has 0 fully saturated rings. The second-order valence-corrected chi connectivity index (χ2v) is 6.44. The fourth-order valence-electron chi connectivity index (χ4n) is 2.06. The predicted octanol–water partition coefficient (Wildman–Crippen LogP) is 4.39. The summed E-state index contributed by atoms with van der Waals surface area (Å²) in [6.45, 7) is 4.79. The number of urea groups is 1. The molecule has 22 heavy (non-hydrogen) atoms. The molecule has 0 radical (unpaired) electrons. The van der Waals surface area contributed by atoms with Gasteiger partial charge in [0, 0.05) is 16.4 Å². The maximum absolute atomic E-state index is 12.0. The van der Waals surface area contributed by atoms with Crippen molar-refractivity contribution in [1.82, 2.24) is 5.32 Å². The van der Waals surface area contributed by atoms with Crippen LogP contribution in [0.5, 0.6) is 5.75 Å². The molecule has 0 unspecified atom stereocenters. The van der Waals surface area contributed by atoms with Crippen molar-refractivity contribution in [2.45, 2.75) is 20.3 Å². The van der Waals surface area contributed by atoms with Gasteiger partial charge in [0.05, 0.1) is 12.8 Å².